The molecule has 39 heavy (non-hydrogen) atoms. The minimum Gasteiger partial charge on any atom is -0.353 e. The Kier molecular flexibility index (Phi) is 7.56. The highest BCUT2D eigenvalue weighted by Gasteiger charge is 2.36. The van der Waals surface area contributed by atoms with E-state index in [9.17, 15) is 17.6 Å². The summed E-state index contributed by atoms with van der Waals surface area (Å²) in [6, 6.07) is 9.12. The van der Waals surface area contributed by atoms with Crippen molar-refractivity contribution in [1.82, 2.24) is 19.9 Å². The molecule has 0 bridgehead atoms. The Morgan fingerprint density at radius 2 is 1.64 bits per heavy atom. The molecule has 2 aromatic heterocycles. The molecule has 5 rings (SSSR count). The first-order valence-corrected chi connectivity index (χ1v) is 13.2. The molecule has 0 saturated carbocycles. The molecule has 2 fully saturated rings. The number of piperazine rings is 2. The minimum atomic E-state index is -4.48. The van der Waals surface area contributed by atoms with Crippen LogP contribution >= 0.6 is 11.6 Å². The standard InChI is InChI=1S/C27H30ClF4N7/c1-17-16-39(18(2)15-36(17)3)26-34-23(19-6-7-22(29)21(28)13-19)14-24(35-26)37-9-11-38(12-10-37)25-20(27(30,31)32)5-4-8-33-25/h4-8,13-14,17-18H,9-12,15-16H2,1-3H3/t17-,18+/m1/s1. The van der Waals surface area contributed by atoms with Crippen molar-refractivity contribution in [3.8, 4) is 11.3 Å². The van der Waals surface area contributed by atoms with Gasteiger partial charge < -0.3 is 14.7 Å². The zero-order valence-electron chi connectivity index (χ0n) is 22.0. The number of alkyl halides is 3. The quantitative estimate of drug-likeness (QED) is 0.404. The molecular formula is C27H30ClF4N7. The average molecular weight is 564 g/mol. The van der Waals surface area contributed by atoms with Crippen LogP contribution in [0.15, 0.2) is 42.6 Å². The second-order valence-corrected chi connectivity index (χ2v) is 10.6. The van der Waals surface area contributed by atoms with Gasteiger partial charge in [-0.05, 0) is 51.2 Å². The van der Waals surface area contributed by atoms with E-state index in [0.717, 1.165) is 19.2 Å². The average Bonchev–Trinajstić information content (AvgIpc) is 2.91. The molecule has 208 valence electrons. The molecule has 2 aliphatic heterocycles. The fourth-order valence-electron chi connectivity index (χ4n) is 5.11. The van der Waals surface area contributed by atoms with E-state index in [1.54, 1.807) is 17.0 Å². The van der Waals surface area contributed by atoms with Gasteiger partial charge >= 0.3 is 6.18 Å². The summed E-state index contributed by atoms with van der Waals surface area (Å²) in [7, 11) is 2.09. The van der Waals surface area contributed by atoms with E-state index in [1.807, 2.05) is 11.0 Å². The van der Waals surface area contributed by atoms with E-state index in [1.165, 1.54) is 18.3 Å². The van der Waals surface area contributed by atoms with Crippen LogP contribution in [0.25, 0.3) is 11.3 Å². The Morgan fingerprint density at radius 1 is 0.923 bits per heavy atom. The van der Waals surface area contributed by atoms with Crippen LogP contribution in [-0.2, 0) is 6.18 Å². The van der Waals surface area contributed by atoms with Crippen LogP contribution < -0.4 is 14.7 Å². The number of benzene rings is 1. The van der Waals surface area contributed by atoms with Crippen molar-refractivity contribution < 1.29 is 17.6 Å². The van der Waals surface area contributed by atoms with Crippen LogP contribution in [0.1, 0.15) is 19.4 Å². The molecule has 1 aromatic carbocycles. The van der Waals surface area contributed by atoms with Crippen LogP contribution in [0.4, 0.5) is 35.1 Å². The summed E-state index contributed by atoms with van der Waals surface area (Å²) >= 11 is 6.08. The molecule has 4 heterocycles. The molecule has 2 atom stereocenters. The van der Waals surface area contributed by atoms with E-state index in [2.05, 4.69) is 35.7 Å². The number of hydrogen-bond donors (Lipinski definition) is 0. The van der Waals surface area contributed by atoms with Crippen molar-refractivity contribution in [3.63, 3.8) is 0 Å². The van der Waals surface area contributed by atoms with Gasteiger partial charge in [0.25, 0.3) is 0 Å². The molecule has 7 nitrogen and oxygen atoms in total. The zero-order chi connectivity index (χ0) is 27.9. The van der Waals surface area contributed by atoms with Crippen molar-refractivity contribution in [2.24, 2.45) is 0 Å². The number of aromatic nitrogens is 3. The molecule has 12 heteroatoms. The molecule has 0 unspecified atom stereocenters. The van der Waals surface area contributed by atoms with E-state index in [-0.39, 0.29) is 16.9 Å². The second-order valence-electron chi connectivity index (χ2n) is 10.2. The number of hydrogen-bond acceptors (Lipinski definition) is 7. The highest BCUT2D eigenvalue weighted by atomic mass is 35.5. The molecule has 0 radical (unpaired) electrons. The van der Waals surface area contributed by atoms with Crippen LogP contribution in [0.2, 0.25) is 5.02 Å². The number of halogens is 5. The van der Waals surface area contributed by atoms with Crippen molar-refractivity contribution in [2.75, 3.05) is 61.0 Å². The molecule has 2 aliphatic rings. The van der Waals surface area contributed by atoms with E-state index >= 15 is 0 Å². The predicted molar refractivity (Wildman–Crippen MR) is 145 cm³/mol. The Labute approximate surface area is 230 Å². The summed E-state index contributed by atoms with van der Waals surface area (Å²) in [5, 5.41) is 0.000226. The van der Waals surface area contributed by atoms with Gasteiger partial charge in [-0.25, -0.2) is 14.4 Å². The predicted octanol–water partition coefficient (Wildman–Crippen LogP) is 5.21. The Bertz CT molecular complexity index is 1330. The highest BCUT2D eigenvalue weighted by molar-refractivity contribution is 6.31. The number of anilines is 3. The molecule has 3 aromatic rings. The monoisotopic (exact) mass is 563 g/mol. The third-order valence-corrected chi connectivity index (χ3v) is 7.76. The lowest BCUT2D eigenvalue weighted by molar-refractivity contribution is -0.137. The molecule has 0 aliphatic carbocycles. The van der Waals surface area contributed by atoms with E-state index in [0.29, 0.717) is 55.2 Å². The molecule has 0 amide bonds. The summed E-state index contributed by atoms with van der Waals surface area (Å²) in [5.41, 5.74) is 0.515. The van der Waals surface area contributed by atoms with Crippen molar-refractivity contribution >= 4 is 29.2 Å². The lowest BCUT2D eigenvalue weighted by atomic mass is 10.1. The fourth-order valence-corrected chi connectivity index (χ4v) is 5.29. The topological polar surface area (TPSA) is 51.6 Å². The van der Waals surface area contributed by atoms with Crippen LogP contribution in [0.5, 0.6) is 0 Å². The number of likely N-dealkylation sites (N-methyl/N-ethyl adjacent to an activating group) is 1. The Hall–Kier alpha value is -3.18. The lowest BCUT2D eigenvalue weighted by Crippen LogP contribution is -2.55. The number of rotatable bonds is 4. The van der Waals surface area contributed by atoms with Crippen LogP contribution in [-0.4, -0.2) is 78.3 Å². The van der Waals surface area contributed by atoms with E-state index < -0.39 is 17.6 Å². The van der Waals surface area contributed by atoms with Crippen LogP contribution in [0.3, 0.4) is 0 Å². The first kappa shape index (κ1) is 27.4. The van der Waals surface area contributed by atoms with Crippen molar-refractivity contribution in [1.29, 1.82) is 0 Å². The van der Waals surface area contributed by atoms with Gasteiger partial charge in [-0.1, -0.05) is 11.6 Å². The first-order chi connectivity index (χ1) is 18.5. The summed E-state index contributed by atoms with van der Waals surface area (Å²) in [6.45, 7) is 7.44. The number of nitrogens with zero attached hydrogens (tertiary/aromatic N) is 7. The SMILES string of the molecule is C[C@@H]1CN(c2nc(-c3ccc(F)c(Cl)c3)cc(N3CCN(c4ncccc4C(F)(F)F)CC3)n2)[C@@H](C)CN1C. The lowest BCUT2D eigenvalue weighted by Gasteiger charge is -2.43. The molecule has 0 N–H and O–H groups in total. The smallest absolute Gasteiger partial charge is 0.353 e. The largest absolute Gasteiger partial charge is 0.419 e. The third kappa shape index (κ3) is 5.74. The molecule has 0 spiro atoms. The van der Waals surface area contributed by atoms with Crippen molar-refractivity contribution in [3.05, 3.63) is 59.0 Å². The summed E-state index contributed by atoms with van der Waals surface area (Å²) in [4.78, 5) is 22.0. The third-order valence-electron chi connectivity index (χ3n) is 7.47. The maximum absolute atomic E-state index is 13.9. The van der Waals surface area contributed by atoms with Gasteiger partial charge in [0.05, 0.1) is 16.3 Å². The van der Waals surface area contributed by atoms with Gasteiger partial charge in [0.1, 0.15) is 17.5 Å². The maximum atomic E-state index is 13.9. The first-order valence-electron chi connectivity index (χ1n) is 12.8. The fraction of sp³-hybridized carbons (Fsp3) is 0.444. The Morgan fingerprint density at radius 3 is 2.33 bits per heavy atom. The van der Waals surface area contributed by atoms with Gasteiger partial charge in [0.2, 0.25) is 5.95 Å². The van der Waals surface area contributed by atoms with Crippen molar-refractivity contribution in [2.45, 2.75) is 32.1 Å². The van der Waals surface area contributed by atoms with E-state index in [4.69, 9.17) is 21.6 Å². The normalized spacial score (nSPS) is 21.0. The van der Waals surface area contributed by atoms with Crippen LogP contribution in [0, 0.1) is 5.82 Å². The summed E-state index contributed by atoms with van der Waals surface area (Å²) in [5.74, 6) is 0.642. The van der Waals surface area contributed by atoms with Gasteiger partial charge in [-0.15, -0.1) is 0 Å². The molecule has 2 saturated heterocycles. The minimum absolute atomic E-state index is 0.000226. The maximum Gasteiger partial charge on any atom is 0.419 e. The number of pyridine rings is 1. The van der Waals surface area contributed by atoms with Gasteiger partial charge in [-0.3, -0.25) is 4.90 Å². The summed E-state index contributed by atoms with van der Waals surface area (Å²) in [6.07, 6.45) is -3.10. The zero-order valence-corrected chi connectivity index (χ0v) is 22.7. The summed E-state index contributed by atoms with van der Waals surface area (Å²) < 4.78 is 54.6. The van der Waals surface area contributed by atoms with Gasteiger partial charge in [0, 0.05) is 69.2 Å². The highest BCUT2D eigenvalue weighted by Crippen LogP contribution is 2.36. The molecular weight excluding hydrogens is 534 g/mol. The van der Waals surface area contributed by atoms with Gasteiger partial charge in [-0.2, -0.15) is 18.2 Å². The Balaban J connectivity index is 1.46. The second kappa shape index (κ2) is 10.8. The van der Waals surface area contributed by atoms with Gasteiger partial charge in [0.15, 0.2) is 0 Å².